The van der Waals surface area contributed by atoms with E-state index in [9.17, 15) is 13.2 Å². The number of carbonyl (C=O) groups is 1. The van der Waals surface area contributed by atoms with Crippen LogP contribution in [0.15, 0.2) is 12.1 Å². The predicted molar refractivity (Wildman–Crippen MR) is 64.6 cm³/mol. The fourth-order valence-electron chi connectivity index (χ4n) is 1.44. The molecule has 0 fully saturated rings. The minimum atomic E-state index is -3.60. The quantitative estimate of drug-likeness (QED) is 0.568. The van der Waals surface area contributed by atoms with Crippen molar-refractivity contribution in [1.82, 2.24) is 0 Å². The first kappa shape index (κ1) is 14.5. The summed E-state index contributed by atoms with van der Waals surface area (Å²) in [6.45, 7) is -0.284. The lowest BCUT2D eigenvalue weighted by atomic mass is 10.1. The van der Waals surface area contributed by atoms with Crippen molar-refractivity contribution < 1.29 is 26.9 Å². The van der Waals surface area contributed by atoms with E-state index in [1.54, 1.807) is 12.1 Å². The maximum Gasteiger partial charge on any atom is 0.264 e. The molecular weight excluding hydrogens is 260 g/mol. The van der Waals surface area contributed by atoms with Gasteiger partial charge in [-0.2, -0.15) is 8.42 Å². The highest BCUT2D eigenvalue weighted by atomic mass is 32.2. The van der Waals surface area contributed by atoms with Crippen LogP contribution in [0.4, 0.5) is 0 Å². The molecule has 6 nitrogen and oxygen atoms in total. The van der Waals surface area contributed by atoms with Crippen molar-refractivity contribution in [2.24, 2.45) is 0 Å². The third-order valence-corrected chi connectivity index (χ3v) is 2.80. The largest absolute Gasteiger partial charge is 0.496 e. The van der Waals surface area contributed by atoms with Crippen LogP contribution < -0.4 is 9.47 Å². The van der Waals surface area contributed by atoms with E-state index in [-0.39, 0.29) is 12.2 Å². The number of methoxy groups -OCH3 is 2. The fraction of sp³-hybridized carbons (Fsp3) is 0.364. The van der Waals surface area contributed by atoms with Crippen molar-refractivity contribution in [3.63, 3.8) is 0 Å². The van der Waals surface area contributed by atoms with Gasteiger partial charge in [0.15, 0.2) is 6.29 Å². The van der Waals surface area contributed by atoms with Gasteiger partial charge in [0.05, 0.1) is 32.6 Å². The van der Waals surface area contributed by atoms with Crippen molar-refractivity contribution in [2.45, 2.75) is 6.61 Å². The Hall–Kier alpha value is -1.60. The van der Waals surface area contributed by atoms with Crippen LogP contribution in [0.2, 0.25) is 0 Å². The number of benzene rings is 1. The molecule has 0 heterocycles. The van der Waals surface area contributed by atoms with Gasteiger partial charge in [-0.05, 0) is 12.1 Å². The molecule has 0 aliphatic rings. The van der Waals surface area contributed by atoms with E-state index in [4.69, 9.17) is 9.47 Å². The Bertz CT molecular complexity index is 535. The molecule has 100 valence electrons. The minimum absolute atomic E-state index is 0.209. The van der Waals surface area contributed by atoms with E-state index in [0.29, 0.717) is 23.3 Å². The van der Waals surface area contributed by atoms with Crippen molar-refractivity contribution in [2.75, 3.05) is 20.5 Å². The van der Waals surface area contributed by atoms with Crippen molar-refractivity contribution in [3.05, 3.63) is 23.3 Å². The Morgan fingerprint density at radius 3 is 2.17 bits per heavy atom. The molecule has 0 atom stereocenters. The highest BCUT2D eigenvalue weighted by Crippen LogP contribution is 2.30. The third kappa shape index (κ3) is 3.44. The standard InChI is InChI=1S/C11H14O6S/c1-15-10-4-5-11(16-2)9(8(10)6-12)7-17-18(3,13)14/h4-6H,7H2,1-3H3. The van der Waals surface area contributed by atoms with Crippen LogP contribution in [0, 0.1) is 0 Å². The molecule has 0 saturated heterocycles. The summed E-state index contributed by atoms with van der Waals surface area (Å²) >= 11 is 0. The predicted octanol–water partition coefficient (Wildman–Crippen LogP) is 0.993. The van der Waals surface area contributed by atoms with Gasteiger partial charge in [-0.1, -0.05) is 0 Å². The maximum absolute atomic E-state index is 11.1. The molecule has 0 aromatic heterocycles. The summed E-state index contributed by atoms with van der Waals surface area (Å²) in [6, 6.07) is 3.14. The molecule has 0 radical (unpaired) electrons. The molecule has 0 spiro atoms. The van der Waals surface area contributed by atoms with Gasteiger partial charge in [0.2, 0.25) is 0 Å². The SMILES string of the molecule is COc1ccc(OC)c(COS(C)(=O)=O)c1C=O. The number of rotatable bonds is 6. The molecule has 1 rings (SSSR count). The topological polar surface area (TPSA) is 78.9 Å². The molecule has 0 amide bonds. The van der Waals surface area contributed by atoms with Gasteiger partial charge in [0.25, 0.3) is 10.1 Å². The molecule has 0 N–H and O–H groups in total. The Morgan fingerprint density at radius 2 is 1.72 bits per heavy atom. The molecule has 0 bridgehead atoms. The first-order valence-electron chi connectivity index (χ1n) is 4.96. The summed E-state index contributed by atoms with van der Waals surface area (Å²) in [5.74, 6) is 0.694. The van der Waals surface area contributed by atoms with Crippen LogP contribution in [-0.2, 0) is 20.9 Å². The molecule has 0 aliphatic carbocycles. The fourth-order valence-corrected chi connectivity index (χ4v) is 1.77. The van der Waals surface area contributed by atoms with E-state index in [1.807, 2.05) is 0 Å². The first-order chi connectivity index (χ1) is 8.42. The summed E-state index contributed by atoms with van der Waals surface area (Å²) in [5.41, 5.74) is 0.540. The zero-order valence-electron chi connectivity index (χ0n) is 10.3. The summed E-state index contributed by atoms with van der Waals surface area (Å²) in [6.07, 6.45) is 1.50. The van der Waals surface area contributed by atoms with Crippen LogP contribution >= 0.6 is 0 Å². The smallest absolute Gasteiger partial charge is 0.264 e. The summed E-state index contributed by atoms with van der Waals surface area (Å²) in [5, 5.41) is 0. The molecule has 1 aromatic rings. The number of ether oxygens (including phenoxy) is 2. The maximum atomic E-state index is 11.1. The minimum Gasteiger partial charge on any atom is -0.496 e. The number of carbonyl (C=O) groups excluding carboxylic acids is 1. The average molecular weight is 274 g/mol. The zero-order valence-corrected chi connectivity index (χ0v) is 11.1. The van der Waals surface area contributed by atoms with E-state index < -0.39 is 10.1 Å². The lowest BCUT2D eigenvalue weighted by Gasteiger charge is -2.13. The Balaban J connectivity index is 3.23. The van der Waals surface area contributed by atoms with Crippen molar-refractivity contribution >= 4 is 16.4 Å². The number of aldehydes is 1. The molecular formula is C11H14O6S. The summed E-state index contributed by atoms with van der Waals surface area (Å²) < 4.78 is 36.7. The van der Waals surface area contributed by atoms with Gasteiger partial charge in [-0.3, -0.25) is 8.98 Å². The monoisotopic (exact) mass is 274 g/mol. The Labute approximate surface area is 106 Å². The molecule has 0 unspecified atom stereocenters. The molecule has 18 heavy (non-hydrogen) atoms. The molecule has 0 saturated carbocycles. The Kier molecular flexibility index (Phi) is 4.69. The highest BCUT2D eigenvalue weighted by Gasteiger charge is 2.16. The second-order valence-electron chi connectivity index (χ2n) is 3.45. The third-order valence-electron chi connectivity index (χ3n) is 2.25. The summed E-state index contributed by atoms with van der Waals surface area (Å²) in [7, 11) is -0.774. The number of hydrogen-bond donors (Lipinski definition) is 0. The lowest BCUT2D eigenvalue weighted by molar-refractivity contribution is 0.111. The van der Waals surface area contributed by atoms with Gasteiger partial charge in [0, 0.05) is 5.56 Å². The summed E-state index contributed by atoms with van der Waals surface area (Å²) in [4.78, 5) is 11.1. The Morgan fingerprint density at radius 1 is 1.17 bits per heavy atom. The zero-order chi connectivity index (χ0) is 13.8. The van der Waals surface area contributed by atoms with E-state index in [1.165, 1.54) is 14.2 Å². The number of hydrogen-bond acceptors (Lipinski definition) is 6. The van der Waals surface area contributed by atoms with Crippen LogP contribution in [0.3, 0.4) is 0 Å². The van der Waals surface area contributed by atoms with Crippen molar-refractivity contribution in [1.29, 1.82) is 0 Å². The highest BCUT2D eigenvalue weighted by molar-refractivity contribution is 7.85. The second-order valence-corrected chi connectivity index (χ2v) is 5.09. The van der Waals surface area contributed by atoms with E-state index in [2.05, 4.69) is 4.18 Å². The van der Waals surface area contributed by atoms with E-state index >= 15 is 0 Å². The molecule has 7 heteroatoms. The van der Waals surface area contributed by atoms with Crippen LogP contribution in [0.25, 0.3) is 0 Å². The van der Waals surface area contributed by atoms with E-state index in [0.717, 1.165) is 6.26 Å². The molecule has 0 aliphatic heterocycles. The molecule has 1 aromatic carbocycles. The lowest BCUT2D eigenvalue weighted by Crippen LogP contribution is -2.07. The van der Waals surface area contributed by atoms with Gasteiger partial charge in [-0.25, -0.2) is 0 Å². The first-order valence-corrected chi connectivity index (χ1v) is 6.78. The second kappa shape index (κ2) is 5.83. The van der Waals surface area contributed by atoms with Crippen LogP contribution in [0.5, 0.6) is 11.5 Å². The van der Waals surface area contributed by atoms with Gasteiger partial charge in [-0.15, -0.1) is 0 Å². The van der Waals surface area contributed by atoms with Gasteiger partial charge < -0.3 is 9.47 Å². The normalized spacial score (nSPS) is 11.1. The van der Waals surface area contributed by atoms with Crippen molar-refractivity contribution in [3.8, 4) is 11.5 Å². The van der Waals surface area contributed by atoms with Gasteiger partial charge in [0.1, 0.15) is 11.5 Å². The average Bonchev–Trinajstić information content (AvgIpc) is 2.33. The van der Waals surface area contributed by atoms with Crippen LogP contribution in [0.1, 0.15) is 15.9 Å². The van der Waals surface area contributed by atoms with Gasteiger partial charge >= 0.3 is 0 Å². The van der Waals surface area contributed by atoms with Crippen LogP contribution in [-0.4, -0.2) is 35.2 Å².